The Morgan fingerprint density at radius 2 is 1.68 bits per heavy atom. The third-order valence-electron chi connectivity index (χ3n) is 5.68. The van der Waals surface area contributed by atoms with Crippen molar-refractivity contribution in [3.63, 3.8) is 0 Å². The van der Waals surface area contributed by atoms with Gasteiger partial charge in [0.05, 0.1) is 16.8 Å². The second-order valence-electron chi connectivity index (χ2n) is 8.59. The Balaban J connectivity index is 1.68. The minimum Gasteiger partial charge on any atom is -0.485 e. The van der Waals surface area contributed by atoms with Gasteiger partial charge in [0.15, 0.2) is 0 Å². The van der Waals surface area contributed by atoms with E-state index in [0.717, 1.165) is 24.3 Å². The number of anilines is 1. The summed E-state index contributed by atoms with van der Waals surface area (Å²) in [7, 11) is -4.43. The van der Waals surface area contributed by atoms with E-state index in [-0.39, 0.29) is 21.2 Å². The number of nitrogens with one attached hydrogen (secondary N) is 2. The number of ether oxygens (including phenoxy) is 1. The number of benzene rings is 2. The Kier molecular flexibility index (Phi) is 7.21. The van der Waals surface area contributed by atoms with Gasteiger partial charge in [0.2, 0.25) is 0 Å². The van der Waals surface area contributed by atoms with E-state index in [9.17, 15) is 34.8 Å². The number of sulfonamides is 1. The molecule has 1 fully saturated rings. The van der Waals surface area contributed by atoms with Crippen molar-refractivity contribution in [1.29, 1.82) is 0 Å². The molecule has 0 saturated carbocycles. The van der Waals surface area contributed by atoms with Crippen LogP contribution in [0, 0.1) is 0 Å². The lowest BCUT2D eigenvalue weighted by Crippen LogP contribution is -2.35. The molecule has 0 unspecified atom stereocenters. The summed E-state index contributed by atoms with van der Waals surface area (Å²) in [4.78, 5) is 0. The summed E-state index contributed by atoms with van der Waals surface area (Å²) in [5, 5.41) is 3.00. The first-order chi connectivity index (χ1) is 17.1. The SMILES string of the molecule is C[C@@]1(Oc2cc(NS(=O)(=O)c3cc(-c4ccccc4C(F)(F)F)c(Cl)s3)ccc2C(F)(F)F)CCNC1. The topological polar surface area (TPSA) is 67.4 Å². The molecule has 2 heterocycles. The fourth-order valence-electron chi connectivity index (χ4n) is 3.89. The van der Waals surface area contributed by atoms with E-state index in [0.29, 0.717) is 36.9 Å². The van der Waals surface area contributed by atoms with Crippen molar-refractivity contribution in [2.45, 2.75) is 35.5 Å². The molecule has 0 radical (unpaired) electrons. The van der Waals surface area contributed by atoms with Crippen LogP contribution < -0.4 is 14.8 Å². The van der Waals surface area contributed by atoms with Crippen LogP contribution in [0.2, 0.25) is 4.34 Å². The summed E-state index contributed by atoms with van der Waals surface area (Å²) in [6.45, 7) is 2.48. The van der Waals surface area contributed by atoms with Crippen molar-refractivity contribution < 1.29 is 39.5 Å². The van der Waals surface area contributed by atoms with E-state index in [4.69, 9.17) is 16.3 Å². The lowest BCUT2D eigenvalue weighted by atomic mass is 10.0. The van der Waals surface area contributed by atoms with Gasteiger partial charge in [0.25, 0.3) is 10.0 Å². The van der Waals surface area contributed by atoms with Crippen LogP contribution in [-0.4, -0.2) is 27.1 Å². The molecule has 2 aromatic carbocycles. The van der Waals surface area contributed by atoms with E-state index in [2.05, 4.69) is 10.0 Å². The van der Waals surface area contributed by atoms with Gasteiger partial charge >= 0.3 is 12.4 Å². The molecule has 1 aliphatic rings. The van der Waals surface area contributed by atoms with Gasteiger partial charge in [-0.2, -0.15) is 26.3 Å². The van der Waals surface area contributed by atoms with Crippen LogP contribution >= 0.6 is 22.9 Å². The first kappa shape index (κ1) is 27.6. The normalized spacial score (nSPS) is 18.7. The zero-order valence-electron chi connectivity index (χ0n) is 18.9. The minimum atomic E-state index is -4.75. The van der Waals surface area contributed by atoms with Crippen LogP contribution in [0.4, 0.5) is 32.0 Å². The zero-order valence-corrected chi connectivity index (χ0v) is 21.3. The molecule has 200 valence electrons. The largest absolute Gasteiger partial charge is 0.485 e. The molecule has 1 aromatic heterocycles. The Bertz CT molecular complexity index is 1410. The number of hydrogen-bond donors (Lipinski definition) is 2. The smallest absolute Gasteiger partial charge is 0.419 e. The van der Waals surface area contributed by atoms with Crippen molar-refractivity contribution in [2.24, 2.45) is 0 Å². The molecule has 3 aromatic rings. The Labute approximate surface area is 217 Å². The average molecular weight is 585 g/mol. The maximum absolute atomic E-state index is 13.6. The predicted molar refractivity (Wildman–Crippen MR) is 129 cm³/mol. The van der Waals surface area contributed by atoms with E-state index in [1.807, 2.05) is 0 Å². The third kappa shape index (κ3) is 6.00. The molecule has 5 nitrogen and oxygen atoms in total. The van der Waals surface area contributed by atoms with Gasteiger partial charge in [-0.15, -0.1) is 11.3 Å². The molecule has 1 saturated heterocycles. The van der Waals surface area contributed by atoms with Crippen LogP contribution in [0.1, 0.15) is 24.5 Å². The molecule has 0 bridgehead atoms. The molecule has 37 heavy (non-hydrogen) atoms. The van der Waals surface area contributed by atoms with Crippen molar-refractivity contribution >= 4 is 38.6 Å². The van der Waals surface area contributed by atoms with Gasteiger partial charge in [-0.3, -0.25) is 4.72 Å². The minimum absolute atomic E-state index is 0.141. The van der Waals surface area contributed by atoms with E-state index in [1.165, 1.54) is 18.2 Å². The first-order valence-corrected chi connectivity index (χ1v) is 13.4. The first-order valence-electron chi connectivity index (χ1n) is 10.7. The van der Waals surface area contributed by atoms with Crippen molar-refractivity contribution in [3.05, 3.63) is 64.0 Å². The highest BCUT2D eigenvalue weighted by atomic mass is 35.5. The lowest BCUT2D eigenvalue weighted by molar-refractivity contribution is -0.140. The number of rotatable bonds is 6. The molecular formula is C23H19ClF6N2O3S2. The quantitative estimate of drug-likeness (QED) is 0.305. The molecule has 4 rings (SSSR count). The highest BCUT2D eigenvalue weighted by Gasteiger charge is 2.39. The third-order valence-corrected chi connectivity index (χ3v) is 8.89. The fourth-order valence-corrected chi connectivity index (χ4v) is 6.68. The standard InChI is InChI=1S/C23H19ClF6N2O3S2/c1-21(8-9-31-12-21)35-18-10-13(6-7-17(18)23(28,29)30)32-37(33,34)19-11-15(20(24)36-19)14-4-2-3-5-16(14)22(25,26)27/h2-7,10-11,31-32H,8-9,12H2,1H3/t21-/m1/s1. The number of alkyl halides is 6. The second-order valence-corrected chi connectivity index (χ2v) is 12.2. The number of thiophene rings is 1. The lowest BCUT2D eigenvalue weighted by Gasteiger charge is -2.27. The van der Waals surface area contributed by atoms with Crippen LogP contribution in [0.25, 0.3) is 11.1 Å². The molecule has 1 aliphatic heterocycles. The van der Waals surface area contributed by atoms with Gasteiger partial charge in [-0.1, -0.05) is 29.8 Å². The van der Waals surface area contributed by atoms with Crippen molar-refractivity contribution in [1.82, 2.24) is 5.32 Å². The highest BCUT2D eigenvalue weighted by molar-refractivity contribution is 7.94. The second kappa shape index (κ2) is 9.68. The summed E-state index contributed by atoms with van der Waals surface area (Å²) < 4.78 is 114. The van der Waals surface area contributed by atoms with Gasteiger partial charge in [0, 0.05) is 24.6 Å². The maximum atomic E-state index is 13.6. The Morgan fingerprint density at radius 3 is 2.30 bits per heavy atom. The maximum Gasteiger partial charge on any atom is 0.419 e. The van der Waals surface area contributed by atoms with Crippen molar-refractivity contribution in [3.8, 4) is 16.9 Å². The van der Waals surface area contributed by atoms with Gasteiger partial charge in [-0.25, -0.2) is 8.42 Å². The molecule has 2 N–H and O–H groups in total. The fraction of sp³-hybridized carbons (Fsp3) is 0.304. The highest BCUT2D eigenvalue weighted by Crippen LogP contribution is 2.44. The average Bonchev–Trinajstić information content (AvgIpc) is 3.38. The Hall–Kier alpha value is -2.48. The van der Waals surface area contributed by atoms with Crippen LogP contribution in [0.5, 0.6) is 5.75 Å². The van der Waals surface area contributed by atoms with Crippen molar-refractivity contribution in [2.75, 3.05) is 17.8 Å². The summed E-state index contributed by atoms with van der Waals surface area (Å²) in [6, 6.07) is 8.11. The summed E-state index contributed by atoms with van der Waals surface area (Å²) in [6.07, 6.45) is -9.02. The van der Waals surface area contributed by atoms with Gasteiger partial charge < -0.3 is 10.1 Å². The van der Waals surface area contributed by atoms with Crippen LogP contribution in [-0.2, 0) is 22.4 Å². The molecule has 1 atom stereocenters. The molecular weight excluding hydrogens is 566 g/mol. The number of halogens is 7. The molecule has 0 spiro atoms. The Morgan fingerprint density at radius 1 is 1.00 bits per heavy atom. The van der Waals surface area contributed by atoms with E-state index >= 15 is 0 Å². The summed E-state index contributed by atoms with van der Waals surface area (Å²) >= 11 is 6.65. The summed E-state index contributed by atoms with van der Waals surface area (Å²) in [5.74, 6) is -0.553. The van der Waals surface area contributed by atoms with Gasteiger partial charge in [0.1, 0.15) is 19.9 Å². The summed E-state index contributed by atoms with van der Waals surface area (Å²) in [5.41, 5.74) is -3.67. The number of hydrogen-bond acceptors (Lipinski definition) is 5. The van der Waals surface area contributed by atoms with Crippen LogP contribution in [0.15, 0.2) is 52.7 Å². The monoisotopic (exact) mass is 584 g/mol. The predicted octanol–water partition coefficient (Wildman–Crippen LogP) is 7.04. The van der Waals surface area contributed by atoms with Gasteiger partial charge in [-0.05, 0) is 43.3 Å². The zero-order chi connectivity index (χ0) is 27.2. The molecule has 0 aliphatic carbocycles. The van der Waals surface area contributed by atoms with E-state index < -0.39 is 49.1 Å². The molecule has 0 amide bonds. The van der Waals surface area contributed by atoms with Crippen LogP contribution in [0.3, 0.4) is 0 Å². The molecule has 14 heteroatoms. The van der Waals surface area contributed by atoms with E-state index in [1.54, 1.807) is 6.92 Å².